The Hall–Kier alpha value is -6.56. The van der Waals surface area contributed by atoms with Gasteiger partial charge >= 0.3 is 5.97 Å². The van der Waals surface area contributed by atoms with Crippen molar-refractivity contribution >= 4 is 71.0 Å². The first kappa shape index (κ1) is 55.8. The van der Waals surface area contributed by atoms with E-state index in [1.807, 2.05) is 13.8 Å². The minimum Gasteiger partial charge on any atom is -0.481 e. The van der Waals surface area contributed by atoms with Crippen molar-refractivity contribution in [2.75, 3.05) is 26.2 Å². The number of carboxylic acids is 1. The lowest BCUT2D eigenvalue weighted by Gasteiger charge is -2.33. The first-order chi connectivity index (χ1) is 31.9. The molecule has 13 N–H and O–H groups in total. The van der Waals surface area contributed by atoms with Crippen LogP contribution < -0.4 is 54.0 Å². The van der Waals surface area contributed by atoms with Crippen LogP contribution >= 0.6 is 0 Å². The van der Waals surface area contributed by atoms with Gasteiger partial charge in [-0.3, -0.25) is 57.7 Å². The van der Waals surface area contributed by atoms with Gasteiger partial charge in [0.05, 0.1) is 13.0 Å². The Bertz CT molecular complexity index is 1930. The molecule has 68 heavy (non-hydrogen) atoms. The molecule has 3 rings (SSSR count). The maximum atomic E-state index is 14.2. The van der Waals surface area contributed by atoms with E-state index in [1.165, 1.54) is 30.6 Å². The zero-order chi connectivity index (χ0) is 51.0. The molecule has 0 aromatic rings. The van der Waals surface area contributed by atoms with Crippen molar-refractivity contribution in [2.45, 2.75) is 161 Å². The number of hydrogen-bond acceptors (Lipinski definition) is 12. The van der Waals surface area contributed by atoms with Crippen molar-refractivity contribution in [1.29, 1.82) is 0 Å². The minimum absolute atomic E-state index is 0.0143. The lowest BCUT2D eigenvalue weighted by atomic mass is 10.0. The van der Waals surface area contributed by atoms with Crippen LogP contribution in [0, 0.1) is 11.8 Å². The number of aliphatic imine (C=N–C) groups is 1. The van der Waals surface area contributed by atoms with E-state index in [1.54, 1.807) is 13.8 Å². The number of aliphatic carboxylic acids is 1. The van der Waals surface area contributed by atoms with Crippen LogP contribution in [0.1, 0.15) is 106 Å². The third-order valence-corrected chi connectivity index (χ3v) is 11.6. The van der Waals surface area contributed by atoms with Gasteiger partial charge in [-0.05, 0) is 84.0 Å². The summed E-state index contributed by atoms with van der Waals surface area (Å²) in [6, 6.07) is -11.2. The van der Waals surface area contributed by atoms with Crippen LogP contribution in [-0.2, 0) is 52.7 Å². The average molecular weight is 962 g/mol. The molecule has 25 heteroatoms. The number of hydrogen-bond donors (Lipinski definition) is 11. The van der Waals surface area contributed by atoms with E-state index >= 15 is 0 Å². The van der Waals surface area contributed by atoms with Gasteiger partial charge in [0.1, 0.15) is 54.4 Å². The number of carbonyl (C=O) groups excluding carboxylic acids is 10. The summed E-state index contributed by atoms with van der Waals surface area (Å²) < 4.78 is 0. The minimum atomic E-state index is -1.74. The van der Waals surface area contributed by atoms with Crippen molar-refractivity contribution in [3.63, 3.8) is 0 Å². The standard InChI is InChI=1S/C43H71N13O12/c1-21(2)17-27-38(64)49-23(5)34(60)48-24(6)36(62)54-29(18-22(3)4)41(67)56-16-10-13-31(56)42(68)55-15-9-12-30(55)40(66)50-25(7)35(61)52-26(11-8-14-46-43(44)45)37(63)47-20-32(57)51-28(19-33(58)59)39(65)53-27/h21-31H,8-20H2,1-7H3,(H,47,63)(H,48,60)(H,49,64)(H,50,66)(H,51,57)(H,52,61)(H,53,65)(H,54,62)(H,58,59)(H4,44,45,46)/t23-,24-,25-,26-,27-,28-,29-,30-,31+/m0/s1. The Morgan fingerprint density at radius 2 is 1.07 bits per heavy atom. The van der Waals surface area contributed by atoms with E-state index in [0.717, 1.165) is 0 Å². The molecule has 3 saturated heterocycles. The second-order valence-corrected chi connectivity index (χ2v) is 18.4. The van der Waals surface area contributed by atoms with Crippen molar-refractivity contribution in [2.24, 2.45) is 28.3 Å². The van der Waals surface area contributed by atoms with E-state index in [9.17, 15) is 57.8 Å². The molecule has 3 aliphatic rings. The summed E-state index contributed by atoms with van der Waals surface area (Å²) in [7, 11) is 0. The summed E-state index contributed by atoms with van der Waals surface area (Å²) in [5.74, 6) is -9.74. The van der Waals surface area contributed by atoms with Crippen LogP contribution in [0.2, 0.25) is 0 Å². The van der Waals surface area contributed by atoms with E-state index in [4.69, 9.17) is 11.5 Å². The van der Waals surface area contributed by atoms with Gasteiger partial charge in [-0.2, -0.15) is 0 Å². The van der Waals surface area contributed by atoms with Gasteiger partial charge in [-0.1, -0.05) is 27.7 Å². The average Bonchev–Trinajstić information content (AvgIpc) is 3.96. The monoisotopic (exact) mass is 962 g/mol. The molecule has 0 radical (unpaired) electrons. The number of nitrogens with one attached hydrogen (secondary N) is 8. The SMILES string of the molecule is CC(C)C[C@@H]1NC(=O)[C@H](CC(=O)O)NC(=O)CNC(=O)[C@H](CCCN=C(N)N)NC(=O)[C@H](C)NC(=O)[C@@H]2CCCN2C(=O)[C@H]2CCCN2C(=O)[C@H](CC(C)C)NC(=O)[C@H](C)NC(=O)[C@H](C)NC1=O. The van der Waals surface area contributed by atoms with Crippen LogP contribution in [0.4, 0.5) is 0 Å². The Morgan fingerprint density at radius 3 is 1.63 bits per heavy atom. The van der Waals surface area contributed by atoms with Crippen LogP contribution in [0.15, 0.2) is 4.99 Å². The Morgan fingerprint density at radius 1 is 0.603 bits per heavy atom. The molecule has 9 atom stereocenters. The van der Waals surface area contributed by atoms with Crippen molar-refractivity contribution in [1.82, 2.24) is 52.3 Å². The molecule has 0 aliphatic carbocycles. The van der Waals surface area contributed by atoms with Gasteiger partial charge < -0.3 is 68.9 Å². The summed E-state index contributed by atoms with van der Waals surface area (Å²) in [5.41, 5.74) is 10.8. The largest absolute Gasteiger partial charge is 0.481 e. The molecule has 0 unspecified atom stereocenters. The maximum absolute atomic E-state index is 14.2. The van der Waals surface area contributed by atoms with Crippen LogP contribution in [0.5, 0.6) is 0 Å². The molecule has 10 amide bonds. The van der Waals surface area contributed by atoms with Crippen molar-refractivity contribution in [3.05, 3.63) is 0 Å². The maximum Gasteiger partial charge on any atom is 0.305 e. The molecule has 3 aliphatic heterocycles. The van der Waals surface area contributed by atoms with E-state index in [0.29, 0.717) is 19.3 Å². The highest BCUT2D eigenvalue weighted by molar-refractivity contribution is 5.99. The molecule has 0 saturated carbocycles. The zero-order valence-corrected chi connectivity index (χ0v) is 40.0. The molecule has 0 spiro atoms. The molecule has 0 aromatic carbocycles. The predicted octanol–water partition coefficient (Wildman–Crippen LogP) is -3.83. The fraction of sp³-hybridized carbons (Fsp3) is 0.721. The van der Waals surface area contributed by atoms with E-state index in [-0.39, 0.29) is 69.5 Å². The number of fused-ring (bicyclic) bond motifs is 2. The highest BCUT2D eigenvalue weighted by Gasteiger charge is 2.44. The van der Waals surface area contributed by atoms with E-state index < -0.39 is 132 Å². The Labute approximate surface area is 395 Å². The number of carboxylic acid groups (broad SMARTS) is 1. The normalized spacial score (nSPS) is 28.2. The number of carbonyl (C=O) groups is 11. The molecule has 0 bridgehead atoms. The number of amides is 10. The number of guanidine groups is 1. The molecule has 25 nitrogen and oxygen atoms in total. The molecule has 380 valence electrons. The van der Waals surface area contributed by atoms with Crippen LogP contribution in [0.3, 0.4) is 0 Å². The Balaban J connectivity index is 1.99. The van der Waals surface area contributed by atoms with Gasteiger partial charge in [0, 0.05) is 19.6 Å². The molecule has 3 fully saturated rings. The van der Waals surface area contributed by atoms with Gasteiger partial charge in [0.25, 0.3) is 0 Å². The molecular weight excluding hydrogens is 891 g/mol. The quantitative estimate of drug-likeness (QED) is 0.0568. The lowest BCUT2D eigenvalue weighted by molar-refractivity contribution is -0.148. The molecule has 0 aromatic heterocycles. The van der Waals surface area contributed by atoms with Gasteiger partial charge in [0.2, 0.25) is 59.1 Å². The summed E-state index contributed by atoms with van der Waals surface area (Å²) in [6.45, 7) is 10.9. The van der Waals surface area contributed by atoms with Crippen molar-refractivity contribution < 1.29 is 57.8 Å². The number of nitrogens with zero attached hydrogens (tertiary/aromatic N) is 3. The van der Waals surface area contributed by atoms with E-state index in [2.05, 4.69) is 47.5 Å². The summed E-state index contributed by atoms with van der Waals surface area (Å²) in [4.78, 5) is 155. The first-order valence-corrected chi connectivity index (χ1v) is 23.2. The summed E-state index contributed by atoms with van der Waals surface area (Å²) in [6.07, 6.45) is 0.866. The van der Waals surface area contributed by atoms with Crippen molar-refractivity contribution in [3.8, 4) is 0 Å². The highest BCUT2D eigenvalue weighted by atomic mass is 16.4. The van der Waals surface area contributed by atoms with Gasteiger partial charge in [-0.15, -0.1) is 0 Å². The predicted molar refractivity (Wildman–Crippen MR) is 244 cm³/mol. The lowest BCUT2D eigenvalue weighted by Crippen LogP contribution is -2.60. The second-order valence-electron chi connectivity index (χ2n) is 18.4. The van der Waals surface area contributed by atoms with Crippen LogP contribution in [-0.4, -0.2) is 166 Å². The van der Waals surface area contributed by atoms with Crippen LogP contribution in [0.25, 0.3) is 0 Å². The molecular formula is C43H71N13O12. The zero-order valence-electron chi connectivity index (χ0n) is 40.0. The summed E-state index contributed by atoms with van der Waals surface area (Å²) >= 11 is 0. The molecule has 3 heterocycles. The number of nitrogens with two attached hydrogens (primary N) is 2. The fourth-order valence-electron chi connectivity index (χ4n) is 8.09. The van der Waals surface area contributed by atoms with Gasteiger partial charge in [-0.25, -0.2) is 0 Å². The topological polar surface area (TPSA) is 375 Å². The third kappa shape index (κ3) is 16.9. The smallest absolute Gasteiger partial charge is 0.305 e. The third-order valence-electron chi connectivity index (χ3n) is 11.6. The van der Waals surface area contributed by atoms with Gasteiger partial charge in [0.15, 0.2) is 5.96 Å². The summed E-state index contributed by atoms with van der Waals surface area (Å²) in [5, 5.41) is 29.6. The Kier molecular flexibility index (Phi) is 21.4. The second kappa shape index (κ2) is 26.1. The first-order valence-electron chi connectivity index (χ1n) is 23.2. The highest BCUT2D eigenvalue weighted by Crippen LogP contribution is 2.26. The number of rotatable bonds is 10. The fourth-order valence-corrected chi connectivity index (χ4v) is 8.09.